The van der Waals surface area contributed by atoms with Gasteiger partial charge in [0.1, 0.15) is 0 Å². The van der Waals surface area contributed by atoms with Gasteiger partial charge in [-0.3, -0.25) is 14.4 Å². The molecule has 1 aromatic rings. The van der Waals surface area contributed by atoms with Crippen molar-refractivity contribution in [2.24, 2.45) is 5.92 Å². The predicted molar refractivity (Wildman–Crippen MR) is 95.5 cm³/mol. The van der Waals surface area contributed by atoms with Crippen molar-refractivity contribution in [3.05, 3.63) is 34.9 Å². The van der Waals surface area contributed by atoms with E-state index in [2.05, 4.69) is 0 Å². The highest BCUT2D eigenvalue weighted by Crippen LogP contribution is 2.22. The van der Waals surface area contributed by atoms with Gasteiger partial charge < -0.3 is 9.80 Å². The Kier molecular flexibility index (Phi) is 5.74. The number of carbonyl (C=O) groups excluding carboxylic acids is 3. The number of benzene rings is 1. The summed E-state index contributed by atoms with van der Waals surface area (Å²) in [5.74, 6) is -0.117. The first-order valence-electron chi connectivity index (χ1n) is 8.90. The summed E-state index contributed by atoms with van der Waals surface area (Å²) in [4.78, 5) is 40.5. The van der Waals surface area contributed by atoms with E-state index in [0.29, 0.717) is 36.6 Å². The van der Waals surface area contributed by atoms with Gasteiger partial charge in [0.2, 0.25) is 11.8 Å². The number of rotatable bonds is 4. The molecule has 6 heteroatoms. The molecule has 2 heterocycles. The SMILES string of the molecule is O=C(c1ccc(Cl)cc1)[C@@H]1CCCN(C(=O)CN2CCCCC2=O)C1. The molecule has 5 nitrogen and oxygen atoms in total. The van der Waals surface area contributed by atoms with E-state index in [1.165, 1.54) is 0 Å². The summed E-state index contributed by atoms with van der Waals surface area (Å²) in [5, 5.41) is 0.600. The number of halogens is 1. The van der Waals surface area contributed by atoms with Crippen LogP contribution in [0, 0.1) is 5.92 Å². The molecule has 0 radical (unpaired) electrons. The Hall–Kier alpha value is -1.88. The molecule has 2 saturated heterocycles. The van der Waals surface area contributed by atoms with Crippen LogP contribution in [0.5, 0.6) is 0 Å². The fourth-order valence-corrected chi connectivity index (χ4v) is 3.69. The Bertz CT molecular complexity index is 659. The maximum atomic E-state index is 12.7. The van der Waals surface area contributed by atoms with Crippen molar-refractivity contribution in [2.75, 3.05) is 26.2 Å². The first-order valence-corrected chi connectivity index (χ1v) is 9.28. The molecule has 0 unspecified atom stereocenters. The predicted octanol–water partition coefficient (Wildman–Crippen LogP) is 2.77. The number of ketones is 1. The highest BCUT2D eigenvalue weighted by atomic mass is 35.5. The number of amides is 2. The van der Waals surface area contributed by atoms with Gasteiger partial charge in [-0.05, 0) is 49.9 Å². The van der Waals surface area contributed by atoms with Crippen LogP contribution in [0.2, 0.25) is 5.02 Å². The Labute approximate surface area is 152 Å². The van der Waals surface area contributed by atoms with E-state index in [9.17, 15) is 14.4 Å². The van der Waals surface area contributed by atoms with E-state index in [1.54, 1.807) is 34.1 Å². The zero-order chi connectivity index (χ0) is 17.8. The Balaban J connectivity index is 1.60. The van der Waals surface area contributed by atoms with E-state index in [-0.39, 0.29) is 30.1 Å². The lowest BCUT2D eigenvalue weighted by atomic mass is 9.90. The molecule has 134 valence electrons. The van der Waals surface area contributed by atoms with E-state index in [0.717, 1.165) is 25.7 Å². The number of Topliss-reactive ketones (excluding diaryl/α,β-unsaturated/α-hetero) is 1. The quantitative estimate of drug-likeness (QED) is 0.774. The van der Waals surface area contributed by atoms with Crippen LogP contribution < -0.4 is 0 Å². The fourth-order valence-electron chi connectivity index (χ4n) is 3.56. The van der Waals surface area contributed by atoms with Gasteiger partial charge in [-0.25, -0.2) is 0 Å². The molecule has 0 aliphatic carbocycles. The van der Waals surface area contributed by atoms with Crippen molar-refractivity contribution in [1.82, 2.24) is 9.80 Å². The van der Waals surface area contributed by atoms with Crippen LogP contribution in [-0.4, -0.2) is 53.6 Å². The van der Waals surface area contributed by atoms with E-state index >= 15 is 0 Å². The van der Waals surface area contributed by atoms with Crippen LogP contribution in [0.15, 0.2) is 24.3 Å². The zero-order valence-corrected chi connectivity index (χ0v) is 15.0. The molecule has 0 N–H and O–H groups in total. The Morgan fingerprint density at radius 3 is 2.56 bits per heavy atom. The van der Waals surface area contributed by atoms with Gasteiger partial charge in [-0.2, -0.15) is 0 Å². The molecule has 0 bridgehead atoms. The molecule has 1 atom stereocenters. The maximum absolute atomic E-state index is 12.7. The highest BCUT2D eigenvalue weighted by molar-refractivity contribution is 6.30. The topological polar surface area (TPSA) is 57.7 Å². The number of carbonyl (C=O) groups is 3. The molecule has 0 aromatic heterocycles. The highest BCUT2D eigenvalue weighted by Gasteiger charge is 2.30. The monoisotopic (exact) mass is 362 g/mol. The summed E-state index contributed by atoms with van der Waals surface area (Å²) >= 11 is 5.87. The first kappa shape index (κ1) is 17.9. The summed E-state index contributed by atoms with van der Waals surface area (Å²) in [6.45, 7) is 1.89. The number of piperidine rings is 2. The standard InChI is InChI=1S/C19H23ClN2O3/c20-16-8-6-14(7-9-16)19(25)15-4-3-11-21(12-15)18(24)13-22-10-2-1-5-17(22)23/h6-9,15H,1-5,10-13H2/t15-/m1/s1. The minimum atomic E-state index is -0.184. The zero-order valence-electron chi connectivity index (χ0n) is 14.2. The van der Waals surface area contributed by atoms with Gasteiger partial charge >= 0.3 is 0 Å². The van der Waals surface area contributed by atoms with Crippen LogP contribution in [-0.2, 0) is 9.59 Å². The second kappa shape index (κ2) is 8.00. The lowest BCUT2D eigenvalue weighted by Gasteiger charge is -2.34. The van der Waals surface area contributed by atoms with E-state index in [4.69, 9.17) is 11.6 Å². The summed E-state index contributed by atoms with van der Waals surface area (Å²) in [7, 11) is 0. The number of hydrogen-bond acceptors (Lipinski definition) is 3. The normalized spacial score (nSPS) is 21.3. The molecule has 2 fully saturated rings. The average molecular weight is 363 g/mol. The van der Waals surface area contributed by atoms with E-state index < -0.39 is 0 Å². The van der Waals surface area contributed by atoms with Crippen molar-refractivity contribution in [3.63, 3.8) is 0 Å². The third-order valence-corrected chi connectivity index (χ3v) is 5.27. The molecule has 2 amide bonds. The Morgan fingerprint density at radius 2 is 1.84 bits per heavy atom. The summed E-state index contributed by atoms with van der Waals surface area (Å²) in [6.07, 6.45) is 3.99. The van der Waals surface area contributed by atoms with Gasteiger partial charge in [0.25, 0.3) is 0 Å². The fraction of sp³-hybridized carbons (Fsp3) is 0.526. The molecule has 2 aliphatic heterocycles. The molecule has 3 rings (SSSR count). The van der Waals surface area contributed by atoms with E-state index in [1.807, 2.05) is 0 Å². The largest absolute Gasteiger partial charge is 0.340 e. The minimum absolute atomic E-state index is 0.0520. The first-order chi connectivity index (χ1) is 12.0. The van der Waals surface area contributed by atoms with Crippen LogP contribution in [0.25, 0.3) is 0 Å². The molecule has 2 aliphatic rings. The van der Waals surface area contributed by atoms with Gasteiger partial charge in [0, 0.05) is 42.6 Å². The van der Waals surface area contributed by atoms with Gasteiger partial charge in [0.15, 0.2) is 5.78 Å². The average Bonchev–Trinajstić information content (AvgIpc) is 2.64. The van der Waals surface area contributed by atoms with Crippen LogP contribution in [0.1, 0.15) is 42.5 Å². The third-order valence-electron chi connectivity index (χ3n) is 5.02. The van der Waals surface area contributed by atoms with Crippen LogP contribution >= 0.6 is 11.6 Å². The summed E-state index contributed by atoms with van der Waals surface area (Å²) < 4.78 is 0. The van der Waals surface area contributed by atoms with Gasteiger partial charge in [-0.1, -0.05) is 11.6 Å². The molecule has 0 saturated carbocycles. The number of nitrogens with zero attached hydrogens (tertiary/aromatic N) is 2. The Morgan fingerprint density at radius 1 is 1.08 bits per heavy atom. The number of likely N-dealkylation sites (tertiary alicyclic amines) is 2. The lowest BCUT2D eigenvalue weighted by molar-refractivity contribution is -0.142. The van der Waals surface area contributed by atoms with Crippen LogP contribution in [0.4, 0.5) is 0 Å². The van der Waals surface area contributed by atoms with Crippen molar-refractivity contribution in [2.45, 2.75) is 32.1 Å². The van der Waals surface area contributed by atoms with Crippen LogP contribution in [0.3, 0.4) is 0 Å². The smallest absolute Gasteiger partial charge is 0.242 e. The lowest BCUT2D eigenvalue weighted by Crippen LogP contribution is -2.48. The van der Waals surface area contributed by atoms with Gasteiger partial charge in [-0.15, -0.1) is 0 Å². The van der Waals surface area contributed by atoms with Crippen molar-refractivity contribution < 1.29 is 14.4 Å². The van der Waals surface area contributed by atoms with Crippen molar-refractivity contribution in [3.8, 4) is 0 Å². The van der Waals surface area contributed by atoms with Gasteiger partial charge in [0.05, 0.1) is 6.54 Å². The molecule has 1 aromatic carbocycles. The number of hydrogen-bond donors (Lipinski definition) is 0. The molecular weight excluding hydrogens is 340 g/mol. The minimum Gasteiger partial charge on any atom is -0.340 e. The van der Waals surface area contributed by atoms with Crippen molar-refractivity contribution in [1.29, 1.82) is 0 Å². The summed E-state index contributed by atoms with van der Waals surface area (Å²) in [6, 6.07) is 6.89. The summed E-state index contributed by atoms with van der Waals surface area (Å²) in [5.41, 5.74) is 0.634. The van der Waals surface area contributed by atoms with Crippen molar-refractivity contribution >= 4 is 29.2 Å². The molecular formula is C19H23ClN2O3. The molecule has 0 spiro atoms. The maximum Gasteiger partial charge on any atom is 0.242 e. The third kappa shape index (κ3) is 4.40. The second-order valence-electron chi connectivity index (χ2n) is 6.82. The second-order valence-corrected chi connectivity index (χ2v) is 7.26. The molecule has 25 heavy (non-hydrogen) atoms.